The molecule has 0 spiro atoms. The molecule has 2 heterocycles. The van der Waals surface area contributed by atoms with Gasteiger partial charge in [0, 0.05) is 37.2 Å². The quantitative estimate of drug-likeness (QED) is 0.872. The number of imidazole rings is 1. The van der Waals surface area contributed by atoms with Crippen molar-refractivity contribution in [3.63, 3.8) is 0 Å². The van der Waals surface area contributed by atoms with E-state index in [-0.39, 0.29) is 17.9 Å². The molecule has 25 heavy (non-hydrogen) atoms. The number of carbonyl (C=O) groups excluding carboxylic acids is 2. The summed E-state index contributed by atoms with van der Waals surface area (Å²) in [5.41, 5.74) is 1.34. The lowest BCUT2D eigenvalue weighted by Crippen LogP contribution is -2.39. The minimum absolute atomic E-state index is 0.00893. The van der Waals surface area contributed by atoms with Gasteiger partial charge in [0.25, 0.3) is 5.91 Å². The molecular formula is C19H22N4O2. The molecule has 0 bridgehead atoms. The molecule has 6 nitrogen and oxygen atoms in total. The SMILES string of the molecule is C=CC(=O)N(C)c1ccc(C(=O)N2CCCCC2c2ncc[nH]2)cc1. The van der Waals surface area contributed by atoms with Crippen molar-refractivity contribution in [3.05, 3.63) is 60.7 Å². The summed E-state index contributed by atoms with van der Waals surface area (Å²) in [7, 11) is 1.68. The molecule has 0 aliphatic carbocycles. The van der Waals surface area contributed by atoms with Crippen LogP contribution in [-0.2, 0) is 4.79 Å². The fourth-order valence-electron chi connectivity index (χ4n) is 3.18. The summed E-state index contributed by atoms with van der Waals surface area (Å²) in [4.78, 5) is 35.5. The molecule has 1 aliphatic rings. The van der Waals surface area contributed by atoms with Crippen molar-refractivity contribution in [1.29, 1.82) is 0 Å². The first kappa shape index (κ1) is 17.0. The van der Waals surface area contributed by atoms with Crippen molar-refractivity contribution in [3.8, 4) is 0 Å². The average Bonchev–Trinajstić information content (AvgIpc) is 3.21. The molecule has 2 amide bonds. The van der Waals surface area contributed by atoms with E-state index in [0.29, 0.717) is 5.56 Å². The molecule has 1 N–H and O–H groups in total. The van der Waals surface area contributed by atoms with Crippen LogP contribution in [0.25, 0.3) is 0 Å². The molecule has 1 aromatic carbocycles. The van der Waals surface area contributed by atoms with Crippen LogP contribution in [-0.4, -0.2) is 40.3 Å². The Labute approximate surface area is 147 Å². The monoisotopic (exact) mass is 338 g/mol. The smallest absolute Gasteiger partial charge is 0.254 e. The molecule has 130 valence electrons. The standard InChI is InChI=1S/C19H22N4O2/c1-3-17(24)22(2)15-9-7-14(8-10-15)19(25)23-13-5-4-6-16(23)18-20-11-12-21-18/h3,7-12,16H,1,4-6,13H2,2H3,(H,20,21). The maximum Gasteiger partial charge on any atom is 0.254 e. The zero-order valence-corrected chi connectivity index (χ0v) is 14.3. The number of amides is 2. The highest BCUT2D eigenvalue weighted by atomic mass is 16.2. The summed E-state index contributed by atoms with van der Waals surface area (Å²) in [5, 5.41) is 0. The van der Waals surface area contributed by atoms with Gasteiger partial charge < -0.3 is 14.8 Å². The maximum atomic E-state index is 13.0. The number of H-pyrrole nitrogens is 1. The van der Waals surface area contributed by atoms with E-state index in [4.69, 9.17) is 0 Å². The molecular weight excluding hydrogens is 316 g/mol. The largest absolute Gasteiger partial charge is 0.347 e. The van der Waals surface area contributed by atoms with Crippen molar-refractivity contribution in [1.82, 2.24) is 14.9 Å². The van der Waals surface area contributed by atoms with Crippen molar-refractivity contribution < 1.29 is 9.59 Å². The topological polar surface area (TPSA) is 69.3 Å². The number of anilines is 1. The summed E-state index contributed by atoms with van der Waals surface area (Å²) in [6, 6.07) is 7.07. The fraction of sp³-hybridized carbons (Fsp3) is 0.316. The van der Waals surface area contributed by atoms with Gasteiger partial charge in [0.2, 0.25) is 5.91 Å². The van der Waals surface area contributed by atoms with Gasteiger partial charge in [0.1, 0.15) is 5.82 Å². The predicted molar refractivity (Wildman–Crippen MR) is 96.3 cm³/mol. The van der Waals surface area contributed by atoms with E-state index in [9.17, 15) is 9.59 Å². The van der Waals surface area contributed by atoms with Gasteiger partial charge in [0.15, 0.2) is 0 Å². The molecule has 2 aromatic rings. The van der Waals surface area contributed by atoms with Gasteiger partial charge in [-0.05, 0) is 49.6 Å². The lowest BCUT2D eigenvalue weighted by atomic mass is 10.00. The highest BCUT2D eigenvalue weighted by molar-refractivity contribution is 6.01. The van der Waals surface area contributed by atoms with Crippen LogP contribution in [0.2, 0.25) is 0 Å². The van der Waals surface area contributed by atoms with Gasteiger partial charge in [-0.1, -0.05) is 6.58 Å². The van der Waals surface area contributed by atoms with Crippen LogP contribution in [0.1, 0.15) is 41.5 Å². The van der Waals surface area contributed by atoms with Gasteiger partial charge in [0.05, 0.1) is 6.04 Å². The lowest BCUT2D eigenvalue weighted by Gasteiger charge is -2.34. The molecule has 0 radical (unpaired) electrons. The van der Waals surface area contributed by atoms with Crippen LogP contribution in [0.3, 0.4) is 0 Å². The minimum atomic E-state index is -0.187. The number of nitrogens with zero attached hydrogens (tertiary/aromatic N) is 3. The van der Waals surface area contributed by atoms with E-state index in [1.54, 1.807) is 43.7 Å². The number of likely N-dealkylation sites (N-methyl/N-ethyl adjacent to an activating group) is 1. The fourth-order valence-corrected chi connectivity index (χ4v) is 3.18. The summed E-state index contributed by atoms with van der Waals surface area (Å²) in [5.74, 6) is 0.638. The van der Waals surface area contributed by atoms with Crippen molar-refractivity contribution in [2.75, 3.05) is 18.5 Å². The highest BCUT2D eigenvalue weighted by Crippen LogP contribution is 2.30. The lowest BCUT2D eigenvalue weighted by molar-refractivity contribution is -0.113. The number of aromatic amines is 1. The second-order valence-electron chi connectivity index (χ2n) is 6.13. The summed E-state index contributed by atoms with van der Waals surface area (Å²) >= 11 is 0. The molecule has 1 fully saturated rings. The van der Waals surface area contributed by atoms with Gasteiger partial charge in [-0.15, -0.1) is 0 Å². The number of hydrogen-bond acceptors (Lipinski definition) is 3. The average molecular weight is 338 g/mol. The molecule has 1 atom stereocenters. The van der Waals surface area contributed by atoms with E-state index in [0.717, 1.165) is 37.3 Å². The molecule has 1 saturated heterocycles. The van der Waals surface area contributed by atoms with Crippen molar-refractivity contribution in [2.24, 2.45) is 0 Å². The van der Waals surface area contributed by atoms with Gasteiger partial charge in [-0.3, -0.25) is 9.59 Å². The van der Waals surface area contributed by atoms with Gasteiger partial charge in [-0.2, -0.15) is 0 Å². The van der Waals surface area contributed by atoms with Crippen LogP contribution in [0.15, 0.2) is 49.3 Å². The molecule has 0 saturated carbocycles. The third-order valence-electron chi connectivity index (χ3n) is 4.61. The van der Waals surface area contributed by atoms with E-state index < -0.39 is 0 Å². The first-order valence-electron chi connectivity index (χ1n) is 8.42. The van der Waals surface area contributed by atoms with Crippen LogP contribution in [0, 0.1) is 0 Å². The van der Waals surface area contributed by atoms with E-state index in [1.165, 1.54) is 11.0 Å². The summed E-state index contributed by atoms with van der Waals surface area (Å²) in [6.45, 7) is 4.21. The Bertz CT molecular complexity index is 752. The minimum Gasteiger partial charge on any atom is -0.347 e. The normalized spacial score (nSPS) is 17.2. The van der Waals surface area contributed by atoms with E-state index >= 15 is 0 Å². The second-order valence-corrected chi connectivity index (χ2v) is 6.13. The van der Waals surface area contributed by atoms with Crippen LogP contribution in [0.5, 0.6) is 0 Å². The third kappa shape index (κ3) is 3.47. The number of rotatable bonds is 4. The Kier molecular flexibility index (Phi) is 4.97. The number of nitrogens with one attached hydrogen (secondary N) is 1. The zero-order valence-electron chi connectivity index (χ0n) is 14.3. The summed E-state index contributed by atoms with van der Waals surface area (Å²) < 4.78 is 0. The van der Waals surface area contributed by atoms with Crippen molar-refractivity contribution in [2.45, 2.75) is 25.3 Å². The van der Waals surface area contributed by atoms with Crippen molar-refractivity contribution >= 4 is 17.5 Å². The number of likely N-dealkylation sites (tertiary alicyclic amines) is 1. The second kappa shape index (κ2) is 7.34. The Balaban J connectivity index is 1.79. The number of hydrogen-bond donors (Lipinski definition) is 1. The third-order valence-corrected chi connectivity index (χ3v) is 4.61. The predicted octanol–water partition coefficient (Wildman–Crippen LogP) is 2.93. The molecule has 1 unspecified atom stereocenters. The first-order valence-corrected chi connectivity index (χ1v) is 8.42. The Morgan fingerprint density at radius 2 is 2.08 bits per heavy atom. The van der Waals surface area contributed by atoms with Crippen LogP contribution in [0.4, 0.5) is 5.69 Å². The molecule has 1 aromatic heterocycles. The number of benzene rings is 1. The van der Waals surface area contributed by atoms with Crippen LogP contribution >= 0.6 is 0 Å². The molecule has 3 rings (SSSR count). The number of aromatic nitrogens is 2. The van der Waals surface area contributed by atoms with Crippen LogP contribution < -0.4 is 4.90 Å². The Morgan fingerprint density at radius 1 is 1.32 bits per heavy atom. The summed E-state index contributed by atoms with van der Waals surface area (Å²) in [6.07, 6.45) is 7.76. The van der Waals surface area contributed by atoms with Gasteiger partial charge in [-0.25, -0.2) is 4.98 Å². The molecule has 6 heteroatoms. The first-order chi connectivity index (χ1) is 12.1. The Hall–Kier alpha value is -2.89. The number of piperidine rings is 1. The highest BCUT2D eigenvalue weighted by Gasteiger charge is 2.30. The van der Waals surface area contributed by atoms with Gasteiger partial charge >= 0.3 is 0 Å². The molecule has 1 aliphatic heterocycles. The maximum absolute atomic E-state index is 13.0. The van der Waals surface area contributed by atoms with E-state index in [2.05, 4.69) is 16.5 Å². The zero-order chi connectivity index (χ0) is 17.8. The van der Waals surface area contributed by atoms with E-state index in [1.807, 2.05) is 4.90 Å². The Morgan fingerprint density at radius 3 is 2.72 bits per heavy atom. The number of carbonyl (C=O) groups is 2.